The molecule has 2 heterocycles. The molecule has 1 aliphatic rings. The number of carbonyl (C=O) groups is 1. The molecule has 1 fully saturated rings. The second-order valence-corrected chi connectivity index (χ2v) is 5.21. The summed E-state index contributed by atoms with van der Waals surface area (Å²) in [4.78, 5) is 11.4. The third-order valence-corrected chi connectivity index (χ3v) is 3.98. The lowest BCUT2D eigenvalue weighted by Gasteiger charge is -2.15. The predicted octanol–water partition coefficient (Wildman–Crippen LogP) is 1.59. The van der Waals surface area contributed by atoms with Crippen LogP contribution in [0.3, 0.4) is 0 Å². The smallest absolute Gasteiger partial charge is 0.311 e. The molecule has 1 aromatic carbocycles. The lowest BCUT2D eigenvalue weighted by molar-refractivity contribution is -0.141. The number of alkyl halides is 1. The molecule has 3 N–H and O–H groups in total. The van der Waals surface area contributed by atoms with Crippen LogP contribution in [0.2, 0.25) is 0 Å². The number of nitrogens with zero attached hydrogens (tertiary/aromatic N) is 1. The van der Waals surface area contributed by atoms with Crippen molar-refractivity contribution in [3.8, 4) is 0 Å². The van der Waals surface area contributed by atoms with Crippen molar-refractivity contribution < 1.29 is 9.90 Å². The standard InChI is InChI=1S/C13H14ClN3O2/c1-17-6-8(7-4-2-3-5-9(7)17)11-10(13(18)19)12(14)16-15-11/h2-6,10-12,15-16H,1H3,(H,18,19). The van der Waals surface area contributed by atoms with E-state index in [0.29, 0.717) is 0 Å². The van der Waals surface area contributed by atoms with Crippen LogP contribution in [0.15, 0.2) is 30.5 Å². The third-order valence-electron chi connectivity index (χ3n) is 3.60. The average Bonchev–Trinajstić information content (AvgIpc) is 2.91. The maximum absolute atomic E-state index is 11.4. The van der Waals surface area contributed by atoms with Gasteiger partial charge in [-0.3, -0.25) is 4.79 Å². The number of carboxylic acid groups (broad SMARTS) is 1. The number of para-hydroxylation sites is 1. The first kappa shape index (κ1) is 12.5. The lowest BCUT2D eigenvalue weighted by atomic mass is 9.94. The van der Waals surface area contributed by atoms with Gasteiger partial charge in [-0.05, 0) is 11.6 Å². The molecule has 0 aliphatic carbocycles. The maximum atomic E-state index is 11.4. The SMILES string of the molecule is Cn1cc(C2NNC(Cl)C2C(=O)O)c2ccccc21. The average molecular weight is 280 g/mol. The first-order chi connectivity index (χ1) is 9.09. The van der Waals surface area contributed by atoms with Gasteiger partial charge in [0.25, 0.3) is 0 Å². The molecule has 2 aromatic rings. The summed E-state index contributed by atoms with van der Waals surface area (Å²) in [7, 11) is 1.95. The Hall–Kier alpha value is -1.56. The number of hydrogen-bond donors (Lipinski definition) is 3. The molecule has 1 aliphatic heterocycles. The van der Waals surface area contributed by atoms with Gasteiger partial charge in [0.1, 0.15) is 11.4 Å². The molecule has 3 atom stereocenters. The molecule has 19 heavy (non-hydrogen) atoms. The molecule has 0 radical (unpaired) electrons. The summed E-state index contributed by atoms with van der Waals surface area (Å²) in [6.07, 6.45) is 1.95. The van der Waals surface area contributed by atoms with Crippen LogP contribution in [0.1, 0.15) is 11.6 Å². The number of hydrazine groups is 1. The Morgan fingerprint density at radius 2 is 2.11 bits per heavy atom. The molecule has 5 nitrogen and oxygen atoms in total. The molecule has 3 rings (SSSR count). The summed E-state index contributed by atoms with van der Waals surface area (Å²) in [6, 6.07) is 7.57. The minimum Gasteiger partial charge on any atom is -0.481 e. The van der Waals surface area contributed by atoms with Gasteiger partial charge >= 0.3 is 5.97 Å². The number of aliphatic carboxylic acids is 1. The second kappa shape index (κ2) is 4.52. The van der Waals surface area contributed by atoms with Crippen molar-refractivity contribution in [1.29, 1.82) is 0 Å². The van der Waals surface area contributed by atoms with Crippen LogP contribution in [0.4, 0.5) is 0 Å². The van der Waals surface area contributed by atoms with Gasteiger partial charge < -0.3 is 9.67 Å². The van der Waals surface area contributed by atoms with E-state index in [2.05, 4.69) is 10.9 Å². The van der Waals surface area contributed by atoms with E-state index in [1.807, 2.05) is 42.1 Å². The second-order valence-electron chi connectivity index (χ2n) is 4.74. The summed E-state index contributed by atoms with van der Waals surface area (Å²) < 4.78 is 1.99. The van der Waals surface area contributed by atoms with Gasteiger partial charge in [-0.2, -0.15) is 0 Å². The number of carboxylic acids is 1. The molecule has 0 spiro atoms. The van der Waals surface area contributed by atoms with Crippen LogP contribution in [0.5, 0.6) is 0 Å². The fourth-order valence-corrected chi connectivity index (χ4v) is 2.99. The van der Waals surface area contributed by atoms with Crippen molar-refractivity contribution in [2.45, 2.75) is 11.5 Å². The highest BCUT2D eigenvalue weighted by Gasteiger charge is 2.42. The number of nitrogens with one attached hydrogen (secondary N) is 2. The molecule has 0 amide bonds. The molecule has 100 valence electrons. The fourth-order valence-electron chi connectivity index (χ4n) is 2.68. The highest BCUT2D eigenvalue weighted by atomic mass is 35.5. The van der Waals surface area contributed by atoms with Crippen LogP contribution in [-0.2, 0) is 11.8 Å². The van der Waals surface area contributed by atoms with Crippen LogP contribution in [-0.4, -0.2) is 21.1 Å². The highest BCUT2D eigenvalue weighted by molar-refractivity contribution is 6.22. The predicted molar refractivity (Wildman–Crippen MR) is 72.7 cm³/mol. The number of hydrogen-bond acceptors (Lipinski definition) is 3. The van der Waals surface area contributed by atoms with Crippen LogP contribution in [0.25, 0.3) is 10.9 Å². The van der Waals surface area contributed by atoms with Crippen molar-refractivity contribution >= 4 is 28.5 Å². The highest BCUT2D eigenvalue weighted by Crippen LogP contribution is 2.35. The van der Waals surface area contributed by atoms with Crippen LogP contribution >= 0.6 is 11.6 Å². The summed E-state index contributed by atoms with van der Waals surface area (Å²) in [5, 5.41) is 10.4. The van der Waals surface area contributed by atoms with E-state index in [0.717, 1.165) is 16.5 Å². The zero-order valence-electron chi connectivity index (χ0n) is 10.3. The zero-order valence-corrected chi connectivity index (χ0v) is 11.1. The number of benzene rings is 1. The molecule has 6 heteroatoms. The van der Waals surface area contributed by atoms with Crippen molar-refractivity contribution in [2.24, 2.45) is 13.0 Å². The van der Waals surface area contributed by atoms with Gasteiger partial charge in [0.2, 0.25) is 0 Å². The van der Waals surface area contributed by atoms with Crippen molar-refractivity contribution in [3.05, 3.63) is 36.0 Å². The summed E-state index contributed by atoms with van der Waals surface area (Å²) >= 11 is 6.01. The summed E-state index contributed by atoms with van der Waals surface area (Å²) in [6.45, 7) is 0. The number of rotatable bonds is 2. The van der Waals surface area contributed by atoms with Crippen molar-refractivity contribution in [3.63, 3.8) is 0 Å². The summed E-state index contributed by atoms with van der Waals surface area (Å²) in [5.74, 6) is -1.61. The molecule has 1 aromatic heterocycles. The fraction of sp³-hybridized carbons (Fsp3) is 0.308. The Balaban J connectivity index is 2.12. The van der Waals surface area contributed by atoms with E-state index in [-0.39, 0.29) is 6.04 Å². The van der Waals surface area contributed by atoms with E-state index in [4.69, 9.17) is 11.6 Å². The van der Waals surface area contributed by atoms with E-state index >= 15 is 0 Å². The van der Waals surface area contributed by atoms with Gasteiger partial charge in [-0.25, -0.2) is 10.9 Å². The number of aromatic nitrogens is 1. The van der Waals surface area contributed by atoms with Gasteiger partial charge in [0.05, 0.1) is 6.04 Å². The van der Waals surface area contributed by atoms with Gasteiger partial charge in [-0.1, -0.05) is 18.2 Å². The minimum absolute atomic E-state index is 0.342. The minimum atomic E-state index is -0.907. The Bertz CT molecular complexity index is 640. The molecule has 1 saturated heterocycles. The van der Waals surface area contributed by atoms with Gasteiger partial charge in [-0.15, -0.1) is 11.6 Å². The number of halogens is 1. The monoisotopic (exact) mass is 279 g/mol. The Morgan fingerprint density at radius 3 is 2.84 bits per heavy atom. The van der Waals surface area contributed by atoms with E-state index in [1.165, 1.54) is 0 Å². The maximum Gasteiger partial charge on any atom is 0.311 e. The Morgan fingerprint density at radius 1 is 1.37 bits per heavy atom. The number of fused-ring (bicyclic) bond motifs is 1. The van der Waals surface area contributed by atoms with Crippen molar-refractivity contribution in [2.75, 3.05) is 0 Å². The van der Waals surface area contributed by atoms with Gasteiger partial charge in [0, 0.05) is 24.1 Å². The topological polar surface area (TPSA) is 66.3 Å². The van der Waals surface area contributed by atoms with Crippen molar-refractivity contribution in [1.82, 2.24) is 15.4 Å². The van der Waals surface area contributed by atoms with E-state index in [1.54, 1.807) is 0 Å². The van der Waals surface area contributed by atoms with Gasteiger partial charge in [0.15, 0.2) is 0 Å². The normalized spacial score (nSPS) is 26.9. The van der Waals surface area contributed by atoms with Crippen LogP contribution in [0, 0.1) is 5.92 Å². The van der Waals surface area contributed by atoms with E-state index in [9.17, 15) is 9.90 Å². The molecule has 3 unspecified atom stereocenters. The summed E-state index contributed by atoms with van der Waals surface area (Å²) in [5.41, 5.74) is 7.17. The first-order valence-corrected chi connectivity index (χ1v) is 6.45. The molecule has 0 saturated carbocycles. The van der Waals surface area contributed by atoms with E-state index < -0.39 is 17.4 Å². The third kappa shape index (κ3) is 1.90. The molecular weight excluding hydrogens is 266 g/mol. The van der Waals surface area contributed by atoms with Crippen LogP contribution < -0.4 is 10.9 Å². The zero-order chi connectivity index (χ0) is 13.6. The quantitative estimate of drug-likeness (QED) is 0.577. The lowest BCUT2D eigenvalue weighted by Crippen LogP contribution is -2.28. The largest absolute Gasteiger partial charge is 0.481 e. The molecule has 0 bridgehead atoms. The number of aryl methyl sites for hydroxylation is 1. The molecular formula is C13H14ClN3O2. The Kier molecular flexibility index (Phi) is 2.97. The first-order valence-electron chi connectivity index (χ1n) is 6.01. The Labute approximate surface area is 115 Å².